The number of hydrogen-bond acceptors (Lipinski definition) is 4. The molecule has 2 aromatic heterocycles. The van der Waals surface area contributed by atoms with Gasteiger partial charge in [0.05, 0.1) is 17.0 Å². The Morgan fingerprint density at radius 3 is 2.22 bits per heavy atom. The van der Waals surface area contributed by atoms with Crippen molar-refractivity contribution < 1.29 is 13.6 Å². The van der Waals surface area contributed by atoms with Gasteiger partial charge in [-0.2, -0.15) is 5.10 Å². The summed E-state index contributed by atoms with van der Waals surface area (Å²) in [5, 5.41) is 4.48. The van der Waals surface area contributed by atoms with E-state index in [-0.39, 0.29) is 18.1 Å². The van der Waals surface area contributed by atoms with E-state index in [1.54, 1.807) is 11.6 Å². The Hall–Kier alpha value is -2.96. The molecule has 138 valence electrons. The molecule has 0 saturated heterocycles. The Kier molecular flexibility index (Phi) is 4.09. The van der Waals surface area contributed by atoms with Crippen LogP contribution >= 0.6 is 0 Å². The van der Waals surface area contributed by atoms with Crippen LogP contribution in [0.25, 0.3) is 5.95 Å². The van der Waals surface area contributed by atoms with E-state index in [4.69, 9.17) is 0 Å². The Morgan fingerprint density at radius 1 is 0.963 bits per heavy atom. The molecule has 5 nitrogen and oxygen atoms in total. The van der Waals surface area contributed by atoms with Crippen molar-refractivity contribution in [3.63, 3.8) is 0 Å². The lowest BCUT2D eigenvalue weighted by Crippen LogP contribution is -2.21. The van der Waals surface area contributed by atoms with Crippen molar-refractivity contribution in [1.82, 2.24) is 19.7 Å². The van der Waals surface area contributed by atoms with Crippen molar-refractivity contribution in [2.45, 2.75) is 39.5 Å². The van der Waals surface area contributed by atoms with Gasteiger partial charge in [-0.1, -0.05) is 0 Å². The minimum Gasteiger partial charge on any atom is -0.294 e. The number of carbonyl (C=O) groups excluding carboxylic acids is 1. The third-order valence-electron chi connectivity index (χ3n) is 4.82. The van der Waals surface area contributed by atoms with Crippen molar-refractivity contribution >= 4 is 5.78 Å². The maximum atomic E-state index is 13.7. The highest BCUT2D eigenvalue weighted by molar-refractivity contribution is 6.00. The topological polar surface area (TPSA) is 60.7 Å². The zero-order chi connectivity index (χ0) is 19.3. The number of fused-ring (bicyclic) bond motifs is 1. The van der Waals surface area contributed by atoms with Crippen LogP contribution < -0.4 is 0 Å². The first-order valence-corrected chi connectivity index (χ1v) is 8.72. The average Bonchev–Trinajstić information content (AvgIpc) is 2.90. The molecule has 7 heteroatoms. The summed E-state index contributed by atoms with van der Waals surface area (Å²) in [6.07, 6.45) is 0.622. The fourth-order valence-electron chi connectivity index (χ4n) is 3.77. The van der Waals surface area contributed by atoms with Gasteiger partial charge in [0.2, 0.25) is 0 Å². The van der Waals surface area contributed by atoms with E-state index in [0.29, 0.717) is 34.9 Å². The highest BCUT2D eigenvalue weighted by Crippen LogP contribution is 2.35. The summed E-state index contributed by atoms with van der Waals surface area (Å²) >= 11 is 0. The highest BCUT2D eigenvalue weighted by Gasteiger charge is 2.33. The third-order valence-corrected chi connectivity index (χ3v) is 4.82. The summed E-state index contributed by atoms with van der Waals surface area (Å²) in [5.41, 5.74) is 3.92. The number of rotatable bonds is 2. The predicted octanol–water partition coefficient (Wildman–Crippen LogP) is 3.78. The van der Waals surface area contributed by atoms with Gasteiger partial charge in [0.25, 0.3) is 5.95 Å². The number of hydrogen-bond donors (Lipinski definition) is 0. The van der Waals surface area contributed by atoms with Gasteiger partial charge in [0, 0.05) is 23.9 Å². The summed E-state index contributed by atoms with van der Waals surface area (Å²) in [6.45, 7) is 5.51. The number of nitrogens with zero attached hydrogens (tertiary/aromatic N) is 4. The molecule has 1 aliphatic rings. The van der Waals surface area contributed by atoms with Crippen molar-refractivity contribution in [2.24, 2.45) is 0 Å². The molecule has 0 unspecified atom stereocenters. The van der Waals surface area contributed by atoms with Crippen LogP contribution in [0.3, 0.4) is 0 Å². The van der Waals surface area contributed by atoms with Gasteiger partial charge in [-0.3, -0.25) is 4.79 Å². The molecule has 0 spiro atoms. The predicted molar refractivity (Wildman–Crippen MR) is 95.1 cm³/mol. The van der Waals surface area contributed by atoms with Gasteiger partial charge >= 0.3 is 0 Å². The first-order valence-electron chi connectivity index (χ1n) is 8.72. The second-order valence-corrected chi connectivity index (χ2v) is 7.00. The minimum atomic E-state index is -0.648. The van der Waals surface area contributed by atoms with Crippen LogP contribution in [-0.2, 0) is 6.42 Å². The highest BCUT2D eigenvalue weighted by atomic mass is 19.1. The van der Waals surface area contributed by atoms with E-state index in [9.17, 15) is 13.6 Å². The molecule has 27 heavy (non-hydrogen) atoms. The van der Waals surface area contributed by atoms with Crippen LogP contribution in [0.4, 0.5) is 8.78 Å². The molecular formula is C20H18F2N4O. The first-order chi connectivity index (χ1) is 12.8. The maximum absolute atomic E-state index is 13.7. The second-order valence-electron chi connectivity index (χ2n) is 7.00. The smallest absolute Gasteiger partial charge is 0.251 e. The maximum Gasteiger partial charge on any atom is 0.251 e. The minimum absolute atomic E-state index is 0.0842. The van der Waals surface area contributed by atoms with Gasteiger partial charge in [-0.15, -0.1) is 0 Å². The molecule has 3 aromatic rings. The molecule has 4 rings (SSSR count). The normalized spacial score (nSPS) is 16.5. The Labute approximate surface area is 155 Å². The molecule has 2 heterocycles. The van der Waals surface area contributed by atoms with Gasteiger partial charge in [-0.25, -0.2) is 23.4 Å². The molecule has 1 aromatic carbocycles. The summed E-state index contributed by atoms with van der Waals surface area (Å²) in [7, 11) is 0. The number of carbonyl (C=O) groups is 1. The first kappa shape index (κ1) is 17.5. The fraction of sp³-hybridized carbons (Fsp3) is 0.300. The average molecular weight is 368 g/mol. The molecule has 0 fully saturated rings. The largest absolute Gasteiger partial charge is 0.294 e. The molecule has 1 atom stereocenters. The third kappa shape index (κ3) is 3.13. The number of Topliss-reactive ketones (excluding diaryl/α,β-unsaturated/α-hetero) is 1. The molecular weight excluding hydrogens is 350 g/mol. The van der Waals surface area contributed by atoms with Crippen LogP contribution in [0, 0.1) is 32.4 Å². The van der Waals surface area contributed by atoms with Crippen molar-refractivity contribution in [2.75, 3.05) is 0 Å². The molecule has 0 saturated carbocycles. The van der Waals surface area contributed by atoms with Crippen molar-refractivity contribution in [3.05, 3.63) is 69.8 Å². The number of ketones is 1. The van der Waals surface area contributed by atoms with Gasteiger partial charge in [-0.05, 0) is 56.9 Å². The van der Waals surface area contributed by atoms with Crippen molar-refractivity contribution in [1.29, 1.82) is 0 Å². The lowest BCUT2D eigenvalue weighted by atomic mass is 9.81. The zero-order valence-corrected chi connectivity index (χ0v) is 15.3. The lowest BCUT2D eigenvalue weighted by Gasteiger charge is -2.23. The molecule has 0 radical (unpaired) electrons. The van der Waals surface area contributed by atoms with Crippen LogP contribution in [0.2, 0.25) is 0 Å². The van der Waals surface area contributed by atoms with E-state index in [1.807, 2.05) is 19.9 Å². The fourth-order valence-corrected chi connectivity index (χ4v) is 3.77. The van der Waals surface area contributed by atoms with Gasteiger partial charge < -0.3 is 0 Å². The number of aryl methyl sites for hydroxylation is 3. The van der Waals surface area contributed by atoms with E-state index in [2.05, 4.69) is 15.1 Å². The number of aromatic nitrogens is 4. The molecule has 0 aliphatic heterocycles. The summed E-state index contributed by atoms with van der Waals surface area (Å²) in [4.78, 5) is 21.6. The van der Waals surface area contributed by atoms with Crippen molar-refractivity contribution in [3.8, 4) is 5.95 Å². The van der Waals surface area contributed by atoms with Gasteiger partial charge in [0.15, 0.2) is 5.78 Å². The molecule has 1 aliphatic carbocycles. The molecule has 0 N–H and O–H groups in total. The Balaban J connectivity index is 1.82. The van der Waals surface area contributed by atoms with Gasteiger partial charge in [0.1, 0.15) is 11.6 Å². The van der Waals surface area contributed by atoms with Crippen LogP contribution in [0.15, 0.2) is 24.3 Å². The van der Waals surface area contributed by atoms with E-state index in [1.165, 1.54) is 12.1 Å². The second kappa shape index (κ2) is 6.33. The monoisotopic (exact) mass is 368 g/mol. The van der Waals surface area contributed by atoms with Crippen LogP contribution in [-0.4, -0.2) is 25.5 Å². The van der Waals surface area contributed by atoms with E-state index >= 15 is 0 Å². The Morgan fingerprint density at radius 2 is 1.59 bits per heavy atom. The SMILES string of the molecule is Cc1cc(C)nc(-n2nc(C)c3c2C[C@H](c2cc(F)cc(F)c2)CC3=O)n1. The van der Waals surface area contributed by atoms with Crippen LogP contribution in [0.5, 0.6) is 0 Å². The van der Waals surface area contributed by atoms with E-state index in [0.717, 1.165) is 17.5 Å². The Bertz CT molecular complexity index is 1030. The number of halogens is 2. The summed E-state index contributed by atoms with van der Waals surface area (Å²) < 4.78 is 28.9. The summed E-state index contributed by atoms with van der Waals surface area (Å²) in [6, 6.07) is 5.26. The standard InChI is InChI=1S/C20H18F2N4O/c1-10-4-11(2)24-20(23-10)26-17-7-14(8-18(27)19(17)12(3)25-26)13-5-15(21)9-16(22)6-13/h4-6,9,14H,7-8H2,1-3H3/t14-/m0/s1. The quantitative estimate of drug-likeness (QED) is 0.691. The zero-order valence-electron chi connectivity index (χ0n) is 15.3. The van der Waals surface area contributed by atoms with Crippen LogP contribution in [0.1, 0.15) is 51.0 Å². The lowest BCUT2D eigenvalue weighted by molar-refractivity contribution is 0.0963. The summed E-state index contributed by atoms with van der Waals surface area (Å²) in [5.74, 6) is -1.30. The molecule has 0 amide bonds. The molecule has 0 bridgehead atoms. The van der Waals surface area contributed by atoms with E-state index < -0.39 is 11.6 Å². The number of benzene rings is 1.